The van der Waals surface area contributed by atoms with Gasteiger partial charge in [-0.15, -0.1) is 0 Å². The zero-order valence-corrected chi connectivity index (χ0v) is 16.0. The van der Waals surface area contributed by atoms with Crippen LogP contribution in [0.15, 0.2) is 58.5 Å². The Morgan fingerprint density at radius 3 is 2.19 bits per heavy atom. The number of nitrogens with zero attached hydrogens (tertiary/aromatic N) is 1. The number of benzene rings is 2. The molecule has 0 fully saturated rings. The van der Waals surface area contributed by atoms with Crippen LogP contribution in [0.3, 0.4) is 0 Å². The summed E-state index contributed by atoms with van der Waals surface area (Å²) < 4.78 is 36.1. The minimum absolute atomic E-state index is 0.151. The number of carbonyl (C=O) groups excluding carboxylic acids is 1. The van der Waals surface area contributed by atoms with Crippen molar-refractivity contribution in [2.24, 2.45) is 5.10 Å². The summed E-state index contributed by atoms with van der Waals surface area (Å²) in [5.41, 5.74) is 3.61. The van der Waals surface area contributed by atoms with Crippen molar-refractivity contribution in [3.05, 3.63) is 54.1 Å². The SMILES string of the molecule is CNS(=O)(=O)c1ccc(/C(C)=N\NC(=O)COc2ccc(OC)cc2)cc1. The van der Waals surface area contributed by atoms with Crippen LogP contribution in [0.5, 0.6) is 11.5 Å². The van der Waals surface area contributed by atoms with Gasteiger partial charge in [0.1, 0.15) is 11.5 Å². The molecule has 0 atom stereocenters. The van der Waals surface area contributed by atoms with Crippen molar-refractivity contribution in [2.45, 2.75) is 11.8 Å². The molecule has 144 valence electrons. The molecule has 0 radical (unpaired) electrons. The van der Waals surface area contributed by atoms with Gasteiger partial charge in [-0.25, -0.2) is 18.6 Å². The van der Waals surface area contributed by atoms with Gasteiger partial charge in [-0.2, -0.15) is 5.10 Å². The molecule has 8 nitrogen and oxygen atoms in total. The summed E-state index contributed by atoms with van der Waals surface area (Å²) in [6.45, 7) is 1.51. The minimum Gasteiger partial charge on any atom is -0.497 e. The van der Waals surface area contributed by atoms with E-state index in [1.807, 2.05) is 0 Å². The Kier molecular flexibility index (Phi) is 6.91. The zero-order chi connectivity index (χ0) is 19.9. The van der Waals surface area contributed by atoms with E-state index in [2.05, 4.69) is 15.2 Å². The van der Waals surface area contributed by atoms with Gasteiger partial charge in [-0.05, 0) is 55.9 Å². The molecule has 0 bridgehead atoms. The first-order valence-electron chi connectivity index (χ1n) is 7.99. The number of rotatable bonds is 8. The standard InChI is InChI=1S/C18H21N3O5S/c1-13(14-4-10-17(11-5-14)27(23,24)19-2)20-21-18(22)12-26-16-8-6-15(25-3)7-9-16/h4-11,19H,12H2,1-3H3,(H,21,22)/b20-13-. The van der Waals surface area contributed by atoms with E-state index in [9.17, 15) is 13.2 Å². The van der Waals surface area contributed by atoms with Crippen LogP contribution in [0.25, 0.3) is 0 Å². The Labute approximate surface area is 158 Å². The maximum atomic E-state index is 11.8. The predicted octanol–water partition coefficient (Wildman–Crippen LogP) is 1.52. The average molecular weight is 391 g/mol. The highest BCUT2D eigenvalue weighted by atomic mass is 32.2. The van der Waals surface area contributed by atoms with Crippen molar-refractivity contribution < 1.29 is 22.7 Å². The quantitative estimate of drug-likeness (QED) is 0.524. The van der Waals surface area contributed by atoms with E-state index < -0.39 is 15.9 Å². The van der Waals surface area contributed by atoms with Crippen LogP contribution >= 0.6 is 0 Å². The van der Waals surface area contributed by atoms with E-state index in [1.165, 1.54) is 19.2 Å². The van der Waals surface area contributed by atoms with Gasteiger partial charge >= 0.3 is 0 Å². The molecule has 0 heterocycles. The second kappa shape index (κ2) is 9.15. The van der Waals surface area contributed by atoms with E-state index in [1.54, 1.807) is 50.4 Å². The number of hydrogen-bond donors (Lipinski definition) is 2. The van der Waals surface area contributed by atoms with E-state index in [-0.39, 0.29) is 11.5 Å². The van der Waals surface area contributed by atoms with Crippen molar-refractivity contribution in [1.82, 2.24) is 10.1 Å². The zero-order valence-electron chi connectivity index (χ0n) is 15.2. The number of amides is 1. The van der Waals surface area contributed by atoms with Crippen LogP contribution in [-0.2, 0) is 14.8 Å². The molecule has 0 saturated carbocycles. The number of sulfonamides is 1. The van der Waals surface area contributed by atoms with Gasteiger partial charge in [-0.1, -0.05) is 12.1 Å². The fourth-order valence-corrected chi connectivity index (χ4v) is 2.79. The van der Waals surface area contributed by atoms with E-state index in [4.69, 9.17) is 9.47 Å². The van der Waals surface area contributed by atoms with Crippen molar-refractivity contribution >= 4 is 21.6 Å². The lowest BCUT2D eigenvalue weighted by molar-refractivity contribution is -0.123. The molecule has 2 N–H and O–H groups in total. The summed E-state index contributed by atoms with van der Waals surface area (Å²) in [7, 11) is -0.576. The molecule has 0 aliphatic heterocycles. The van der Waals surface area contributed by atoms with Gasteiger partial charge in [0.15, 0.2) is 6.61 Å². The molecule has 1 amide bonds. The Morgan fingerprint density at radius 1 is 1.04 bits per heavy atom. The Bertz CT molecular complexity index is 907. The summed E-state index contributed by atoms with van der Waals surface area (Å²) >= 11 is 0. The largest absolute Gasteiger partial charge is 0.497 e. The average Bonchev–Trinajstić information content (AvgIpc) is 2.70. The third kappa shape index (κ3) is 5.80. The summed E-state index contributed by atoms with van der Waals surface area (Å²) in [6, 6.07) is 13.0. The molecule has 2 aromatic rings. The van der Waals surface area contributed by atoms with Gasteiger partial charge in [0.2, 0.25) is 10.0 Å². The molecule has 0 aliphatic rings. The molecule has 27 heavy (non-hydrogen) atoms. The number of carbonyl (C=O) groups is 1. The van der Waals surface area contributed by atoms with E-state index in [0.717, 1.165) is 0 Å². The van der Waals surface area contributed by atoms with Crippen LogP contribution in [-0.4, -0.2) is 40.8 Å². The number of hydrogen-bond acceptors (Lipinski definition) is 6. The van der Waals surface area contributed by atoms with Crippen molar-refractivity contribution in [2.75, 3.05) is 20.8 Å². The van der Waals surface area contributed by atoms with Crippen LogP contribution < -0.4 is 19.6 Å². The van der Waals surface area contributed by atoms with Crippen molar-refractivity contribution in [1.29, 1.82) is 0 Å². The Balaban J connectivity index is 1.91. The van der Waals surface area contributed by atoms with Crippen LogP contribution in [0, 0.1) is 0 Å². The first-order chi connectivity index (χ1) is 12.9. The lowest BCUT2D eigenvalue weighted by atomic mass is 10.1. The van der Waals surface area contributed by atoms with Gasteiger partial charge in [-0.3, -0.25) is 4.79 Å². The van der Waals surface area contributed by atoms with Gasteiger partial charge in [0.05, 0.1) is 17.7 Å². The van der Waals surface area contributed by atoms with Crippen molar-refractivity contribution in [3.8, 4) is 11.5 Å². The number of nitrogens with one attached hydrogen (secondary N) is 2. The maximum Gasteiger partial charge on any atom is 0.277 e. The van der Waals surface area contributed by atoms with E-state index in [0.29, 0.717) is 22.8 Å². The fraction of sp³-hybridized carbons (Fsp3) is 0.222. The highest BCUT2D eigenvalue weighted by molar-refractivity contribution is 7.89. The summed E-state index contributed by atoms with van der Waals surface area (Å²) in [5, 5.41) is 4.00. The molecule has 0 aliphatic carbocycles. The Morgan fingerprint density at radius 2 is 1.63 bits per heavy atom. The molecule has 0 saturated heterocycles. The second-order valence-corrected chi connectivity index (χ2v) is 7.31. The molecule has 0 unspecified atom stereocenters. The lowest BCUT2D eigenvalue weighted by Crippen LogP contribution is -2.25. The summed E-state index contributed by atoms with van der Waals surface area (Å²) in [6.07, 6.45) is 0. The second-order valence-electron chi connectivity index (χ2n) is 5.43. The normalized spacial score (nSPS) is 11.7. The third-order valence-electron chi connectivity index (χ3n) is 3.63. The van der Waals surface area contributed by atoms with Crippen LogP contribution in [0.1, 0.15) is 12.5 Å². The third-order valence-corrected chi connectivity index (χ3v) is 5.06. The number of hydrazone groups is 1. The topological polar surface area (TPSA) is 106 Å². The first kappa shape index (κ1) is 20.4. The lowest BCUT2D eigenvalue weighted by Gasteiger charge is -2.07. The summed E-state index contributed by atoms with van der Waals surface area (Å²) in [4.78, 5) is 12.0. The van der Waals surface area contributed by atoms with Gasteiger partial charge in [0.25, 0.3) is 5.91 Å². The smallest absolute Gasteiger partial charge is 0.277 e. The highest BCUT2D eigenvalue weighted by Gasteiger charge is 2.11. The predicted molar refractivity (Wildman–Crippen MR) is 102 cm³/mol. The molecular weight excluding hydrogens is 370 g/mol. The van der Waals surface area contributed by atoms with E-state index >= 15 is 0 Å². The van der Waals surface area contributed by atoms with Gasteiger partial charge in [0, 0.05) is 0 Å². The monoisotopic (exact) mass is 391 g/mol. The molecule has 0 spiro atoms. The number of ether oxygens (including phenoxy) is 2. The first-order valence-corrected chi connectivity index (χ1v) is 9.48. The molecule has 2 aromatic carbocycles. The van der Waals surface area contributed by atoms with Gasteiger partial charge < -0.3 is 9.47 Å². The van der Waals surface area contributed by atoms with Crippen LogP contribution in [0.4, 0.5) is 0 Å². The molecule has 0 aromatic heterocycles. The fourth-order valence-electron chi connectivity index (χ4n) is 2.06. The van der Waals surface area contributed by atoms with Crippen molar-refractivity contribution in [3.63, 3.8) is 0 Å². The maximum absolute atomic E-state index is 11.8. The molecule has 9 heteroatoms. The summed E-state index contributed by atoms with van der Waals surface area (Å²) in [5.74, 6) is 0.813. The van der Waals surface area contributed by atoms with Crippen LogP contribution in [0.2, 0.25) is 0 Å². The highest BCUT2D eigenvalue weighted by Crippen LogP contribution is 2.16. The molecular formula is C18H21N3O5S. The Hall–Kier alpha value is -2.91. The molecule has 2 rings (SSSR count). The minimum atomic E-state index is -3.49. The number of methoxy groups -OCH3 is 1.